The van der Waals surface area contributed by atoms with Crippen LogP contribution in [0, 0.1) is 0 Å². The standard InChI is InChI=1S/C21H21N3O2/c1-21(2)12-18(16-7-3-4-9-19(16)26-21)24(20(22)25)17-8-5-6-14-13-23-11-10-15(14)17/h3-11,13,18H,12H2,1-2H3,(H2,22,25)/t18-/m1/s1. The largest absolute Gasteiger partial charge is 0.487 e. The van der Waals surface area contributed by atoms with E-state index in [9.17, 15) is 4.79 Å². The number of aromatic nitrogens is 1. The second-order valence-electron chi connectivity index (χ2n) is 7.20. The van der Waals surface area contributed by atoms with E-state index < -0.39 is 11.6 Å². The smallest absolute Gasteiger partial charge is 0.319 e. The van der Waals surface area contributed by atoms with Gasteiger partial charge in [0.05, 0.1) is 11.7 Å². The second kappa shape index (κ2) is 6.02. The van der Waals surface area contributed by atoms with Crippen LogP contribution in [-0.2, 0) is 0 Å². The Balaban J connectivity index is 1.91. The molecule has 26 heavy (non-hydrogen) atoms. The van der Waals surface area contributed by atoms with Crippen LogP contribution in [0.2, 0.25) is 0 Å². The lowest BCUT2D eigenvalue weighted by Crippen LogP contribution is -2.46. The van der Waals surface area contributed by atoms with Gasteiger partial charge in [0.25, 0.3) is 0 Å². The number of pyridine rings is 1. The number of ether oxygens (including phenoxy) is 1. The van der Waals surface area contributed by atoms with Crippen molar-refractivity contribution >= 4 is 22.5 Å². The van der Waals surface area contributed by atoms with Crippen LogP contribution in [0.15, 0.2) is 60.9 Å². The van der Waals surface area contributed by atoms with E-state index >= 15 is 0 Å². The lowest BCUT2D eigenvalue weighted by atomic mass is 9.88. The van der Waals surface area contributed by atoms with Gasteiger partial charge in [-0.15, -0.1) is 0 Å². The third-order valence-electron chi connectivity index (χ3n) is 4.82. The average molecular weight is 347 g/mol. The number of benzene rings is 2. The number of fused-ring (bicyclic) bond motifs is 2. The maximum atomic E-state index is 12.6. The highest BCUT2D eigenvalue weighted by Gasteiger charge is 2.39. The van der Waals surface area contributed by atoms with Gasteiger partial charge >= 0.3 is 6.03 Å². The lowest BCUT2D eigenvalue weighted by Gasteiger charge is -2.42. The summed E-state index contributed by atoms with van der Waals surface area (Å²) in [6.45, 7) is 4.06. The van der Waals surface area contributed by atoms with Gasteiger partial charge in [-0.3, -0.25) is 9.88 Å². The van der Waals surface area contributed by atoms with Gasteiger partial charge < -0.3 is 10.5 Å². The Morgan fingerprint density at radius 1 is 1.19 bits per heavy atom. The van der Waals surface area contributed by atoms with Crippen LogP contribution in [0.25, 0.3) is 10.8 Å². The molecule has 4 rings (SSSR count). The molecule has 0 aliphatic carbocycles. The first-order valence-electron chi connectivity index (χ1n) is 8.66. The molecule has 2 N–H and O–H groups in total. The number of carbonyl (C=O) groups is 1. The van der Waals surface area contributed by atoms with Crippen LogP contribution in [0.4, 0.5) is 10.5 Å². The van der Waals surface area contributed by atoms with Crippen molar-refractivity contribution in [2.24, 2.45) is 5.73 Å². The Morgan fingerprint density at radius 3 is 2.81 bits per heavy atom. The van der Waals surface area contributed by atoms with Crippen LogP contribution in [-0.4, -0.2) is 16.6 Å². The van der Waals surface area contributed by atoms with Crippen molar-refractivity contribution in [3.05, 3.63) is 66.5 Å². The minimum atomic E-state index is -0.480. The first kappa shape index (κ1) is 16.4. The predicted octanol–water partition coefficient (Wildman–Crippen LogP) is 4.42. The Kier molecular flexibility index (Phi) is 3.80. The summed E-state index contributed by atoms with van der Waals surface area (Å²) < 4.78 is 6.11. The molecular weight excluding hydrogens is 326 g/mol. The van der Waals surface area contributed by atoms with Gasteiger partial charge in [-0.2, -0.15) is 0 Å². The van der Waals surface area contributed by atoms with E-state index in [2.05, 4.69) is 4.98 Å². The van der Waals surface area contributed by atoms with Gasteiger partial charge in [0, 0.05) is 35.2 Å². The van der Waals surface area contributed by atoms with Crippen molar-refractivity contribution in [1.29, 1.82) is 0 Å². The molecule has 5 heteroatoms. The van der Waals surface area contributed by atoms with E-state index in [4.69, 9.17) is 10.5 Å². The SMILES string of the molecule is CC1(C)C[C@@H](N(C(N)=O)c2cccc3cnccc23)c2ccccc2O1. The minimum absolute atomic E-state index is 0.203. The highest BCUT2D eigenvalue weighted by atomic mass is 16.5. The Bertz CT molecular complexity index is 978. The molecule has 0 bridgehead atoms. The molecule has 1 atom stereocenters. The van der Waals surface area contributed by atoms with Crippen LogP contribution in [0.3, 0.4) is 0 Å². The monoisotopic (exact) mass is 347 g/mol. The highest BCUT2D eigenvalue weighted by Crippen LogP contribution is 2.44. The Morgan fingerprint density at radius 2 is 2.00 bits per heavy atom. The van der Waals surface area contributed by atoms with Crippen LogP contribution in [0.5, 0.6) is 5.75 Å². The van der Waals surface area contributed by atoms with Crippen LogP contribution < -0.4 is 15.4 Å². The van der Waals surface area contributed by atoms with Crippen LogP contribution >= 0.6 is 0 Å². The van der Waals surface area contributed by atoms with Crippen molar-refractivity contribution in [1.82, 2.24) is 4.98 Å². The summed E-state index contributed by atoms with van der Waals surface area (Å²) in [6.07, 6.45) is 4.17. The van der Waals surface area contributed by atoms with E-state index in [0.29, 0.717) is 6.42 Å². The zero-order chi connectivity index (χ0) is 18.3. The molecule has 132 valence electrons. The fraction of sp³-hybridized carbons (Fsp3) is 0.238. The molecular formula is C21H21N3O2. The van der Waals surface area contributed by atoms with Crippen molar-refractivity contribution in [2.75, 3.05) is 4.90 Å². The molecule has 0 saturated heterocycles. The lowest BCUT2D eigenvalue weighted by molar-refractivity contribution is 0.0724. The van der Waals surface area contributed by atoms with Gasteiger partial charge in [-0.1, -0.05) is 30.3 Å². The summed E-state index contributed by atoms with van der Waals surface area (Å²) in [6, 6.07) is 14.9. The number of urea groups is 1. The van der Waals surface area contributed by atoms with E-state index in [1.54, 1.807) is 17.3 Å². The number of rotatable bonds is 2. The minimum Gasteiger partial charge on any atom is -0.487 e. The van der Waals surface area contributed by atoms with Gasteiger partial charge in [-0.05, 0) is 32.0 Å². The summed E-state index contributed by atoms with van der Waals surface area (Å²) in [4.78, 5) is 18.4. The molecule has 2 heterocycles. The summed E-state index contributed by atoms with van der Waals surface area (Å²) in [5.74, 6) is 0.793. The predicted molar refractivity (Wildman–Crippen MR) is 102 cm³/mol. The molecule has 1 aromatic heterocycles. The summed E-state index contributed by atoms with van der Waals surface area (Å²) >= 11 is 0. The molecule has 2 aromatic carbocycles. The first-order chi connectivity index (χ1) is 12.5. The van der Waals surface area contributed by atoms with Gasteiger partial charge in [-0.25, -0.2) is 4.79 Å². The van der Waals surface area contributed by atoms with Gasteiger partial charge in [0.1, 0.15) is 11.4 Å². The summed E-state index contributed by atoms with van der Waals surface area (Å²) in [7, 11) is 0. The molecule has 3 aromatic rings. The number of para-hydroxylation sites is 1. The molecule has 0 saturated carbocycles. The molecule has 5 nitrogen and oxygen atoms in total. The Labute approximate surface area is 152 Å². The van der Waals surface area contributed by atoms with Crippen molar-refractivity contribution in [3.8, 4) is 5.75 Å². The zero-order valence-corrected chi connectivity index (χ0v) is 14.8. The van der Waals surface area contributed by atoms with Gasteiger partial charge in [0.15, 0.2) is 0 Å². The summed E-state index contributed by atoms with van der Waals surface area (Å²) in [5.41, 5.74) is 7.22. The number of nitrogens with two attached hydrogens (primary N) is 1. The maximum absolute atomic E-state index is 12.6. The van der Waals surface area contributed by atoms with E-state index in [0.717, 1.165) is 27.8 Å². The molecule has 2 amide bonds. The van der Waals surface area contributed by atoms with Gasteiger partial charge in [0.2, 0.25) is 0 Å². The van der Waals surface area contributed by atoms with E-state index in [1.165, 1.54) is 0 Å². The number of amides is 2. The maximum Gasteiger partial charge on any atom is 0.319 e. The molecule has 0 radical (unpaired) electrons. The van der Waals surface area contributed by atoms with Crippen molar-refractivity contribution in [2.45, 2.75) is 31.9 Å². The number of carbonyl (C=O) groups excluding carboxylic acids is 1. The highest BCUT2D eigenvalue weighted by molar-refractivity contribution is 6.03. The average Bonchev–Trinajstić information content (AvgIpc) is 2.61. The third-order valence-corrected chi connectivity index (χ3v) is 4.82. The van der Waals surface area contributed by atoms with Crippen molar-refractivity contribution in [3.63, 3.8) is 0 Å². The number of hydrogen-bond donors (Lipinski definition) is 1. The normalized spacial score (nSPS) is 18.0. The van der Waals surface area contributed by atoms with Crippen LogP contribution in [0.1, 0.15) is 31.9 Å². The number of anilines is 1. The van der Waals surface area contributed by atoms with E-state index in [-0.39, 0.29) is 6.04 Å². The molecule has 1 aliphatic heterocycles. The Hall–Kier alpha value is -3.08. The third kappa shape index (κ3) is 2.75. The first-order valence-corrected chi connectivity index (χ1v) is 8.66. The molecule has 1 aliphatic rings. The molecule has 0 spiro atoms. The fourth-order valence-corrected chi connectivity index (χ4v) is 3.75. The number of hydrogen-bond acceptors (Lipinski definition) is 3. The topological polar surface area (TPSA) is 68.5 Å². The van der Waals surface area contributed by atoms with Crippen molar-refractivity contribution < 1.29 is 9.53 Å². The number of primary amides is 1. The zero-order valence-electron chi connectivity index (χ0n) is 14.8. The fourth-order valence-electron chi connectivity index (χ4n) is 3.75. The quantitative estimate of drug-likeness (QED) is 0.746. The van der Waals surface area contributed by atoms with E-state index in [1.807, 2.05) is 62.4 Å². The summed E-state index contributed by atoms with van der Waals surface area (Å²) in [5, 5.41) is 1.92. The molecule has 0 unspecified atom stereocenters. The number of nitrogens with zero attached hydrogens (tertiary/aromatic N) is 2. The molecule has 0 fully saturated rings. The second-order valence-corrected chi connectivity index (χ2v) is 7.20.